The second-order valence-electron chi connectivity index (χ2n) is 4.23. The van der Waals surface area contributed by atoms with Crippen molar-refractivity contribution >= 4 is 34.8 Å². The molecule has 118 valence electrons. The van der Waals surface area contributed by atoms with Crippen LogP contribution in [0.4, 0.5) is 18.9 Å². The van der Waals surface area contributed by atoms with Crippen LogP contribution in [-0.2, 0) is 6.54 Å². The summed E-state index contributed by atoms with van der Waals surface area (Å²) >= 11 is 11.6. The summed E-state index contributed by atoms with van der Waals surface area (Å²) in [5.74, 6) is -0.706. The first kappa shape index (κ1) is 16.5. The second-order valence-corrected chi connectivity index (χ2v) is 4.99. The van der Waals surface area contributed by atoms with Crippen LogP contribution in [0.25, 0.3) is 0 Å². The number of aromatic nitrogens is 4. The van der Waals surface area contributed by atoms with Crippen LogP contribution < -0.4 is 5.32 Å². The molecular formula is C11H8Cl2F3N5O. The number of rotatable bonds is 3. The number of nitrogens with one attached hydrogen (secondary N) is 1. The van der Waals surface area contributed by atoms with Gasteiger partial charge < -0.3 is 5.32 Å². The van der Waals surface area contributed by atoms with Crippen LogP contribution in [-0.4, -0.2) is 32.1 Å². The first-order chi connectivity index (χ1) is 10.2. The molecule has 0 radical (unpaired) electrons. The molecule has 0 spiro atoms. The highest BCUT2D eigenvalue weighted by Crippen LogP contribution is 2.27. The van der Waals surface area contributed by atoms with Gasteiger partial charge in [-0.25, -0.2) is 0 Å². The van der Waals surface area contributed by atoms with Gasteiger partial charge >= 0.3 is 6.18 Å². The maximum atomic E-state index is 12.4. The van der Waals surface area contributed by atoms with Crippen molar-refractivity contribution in [2.75, 3.05) is 5.32 Å². The second kappa shape index (κ2) is 6.09. The van der Waals surface area contributed by atoms with Crippen LogP contribution in [0, 0.1) is 6.92 Å². The van der Waals surface area contributed by atoms with Crippen LogP contribution in [0.15, 0.2) is 12.4 Å². The minimum absolute atomic E-state index is 0.0197. The molecule has 0 aromatic carbocycles. The molecule has 2 heterocycles. The van der Waals surface area contributed by atoms with Crippen LogP contribution in [0.5, 0.6) is 0 Å². The van der Waals surface area contributed by atoms with E-state index >= 15 is 0 Å². The molecule has 11 heteroatoms. The normalized spacial score (nSPS) is 11.5. The molecule has 1 amide bonds. The summed E-state index contributed by atoms with van der Waals surface area (Å²) in [5, 5.41) is 12.8. The zero-order chi connectivity index (χ0) is 16.5. The molecule has 0 aliphatic heterocycles. The lowest BCUT2D eigenvalue weighted by Gasteiger charge is -2.09. The van der Waals surface area contributed by atoms with E-state index in [0.717, 1.165) is 6.20 Å². The number of carbonyl (C=O) groups is 1. The third-order valence-electron chi connectivity index (χ3n) is 2.68. The van der Waals surface area contributed by atoms with Gasteiger partial charge in [-0.15, -0.1) is 5.10 Å². The fraction of sp³-hybridized carbons (Fsp3) is 0.273. The summed E-state index contributed by atoms with van der Waals surface area (Å²) in [6, 6.07) is 0. The van der Waals surface area contributed by atoms with Gasteiger partial charge in [0, 0.05) is 5.69 Å². The number of anilines is 1. The lowest BCUT2D eigenvalue weighted by molar-refractivity contribution is -0.142. The van der Waals surface area contributed by atoms with E-state index in [0.29, 0.717) is 4.68 Å². The Bertz CT molecular complexity index is 696. The molecule has 0 aliphatic rings. The average Bonchev–Trinajstić information content (AvgIpc) is 2.74. The fourth-order valence-electron chi connectivity index (χ4n) is 1.63. The fourth-order valence-corrected chi connectivity index (χ4v) is 2.06. The van der Waals surface area contributed by atoms with Crippen LogP contribution in [0.2, 0.25) is 10.2 Å². The number of hydrogen-bond acceptors (Lipinski definition) is 4. The van der Waals surface area contributed by atoms with E-state index < -0.39 is 18.6 Å². The van der Waals surface area contributed by atoms with E-state index in [4.69, 9.17) is 23.2 Å². The van der Waals surface area contributed by atoms with E-state index in [-0.39, 0.29) is 27.1 Å². The highest BCUT2D eigenvalue weighted by atomic mass is 35.5. The van der Waals surface area contributed by atoms with Gasteiger partial charge in [-0.2, -0.15) is 23.4 Å². The summed E-state index contributed by atoms with van der Waals surface area (Å²) in [5.41, 5.74) is 0.0450. The highest BCUT2D eigenvalue weighted by Gasteiger charge is 2.30. The molecule has 0 aliphatic carbocycles. The highest BCUT2D eigenvalue weighted by molar-refractivity contribution is 6.39. The maximum absolute atomic E-state index is 12.4. The van der Waals surface area contributed by atoms with Gasteiger partial charge in [-0.1, -0.05) is 23.2 Å². The number of hydrogen-bond donors (Lipinski definition) is 1. The van der Waals surface area contributed by atoms with Crippen molar-refractivity contribution in [3.8, 4) is 0 Å². The molecule has 2 aromatic heterocycles. The topological polar surface area (TPSA) is 72.7 Å². The summed E-state index contributed by atoms with van der Waals surface area (Å²) in [6.45, 7) is 0.0616. The van der Waals surface area contributed by atoms with Crippen molar-refractivity contribution in [3.63, 3.8) is 0 Å². The predicted octanol–water partition coefficient (Wildman–Crippen LogP) is 3.10. The van der Waals surface area contributed by atoms with Crippen molar-refractivity contribution in [1.29, 1.82) is 0 Å². The number of alkyl halides is 3. The minimum Gasteiger partial charge on any atom is -0.318 e. The SMILES string of the molecule is Cc1c(C(=O)Nc2c(Cl)cnnc2Cl)cnn1CC(F)(F)F. The van der Waals surface area contributed by atoms with Gasteiger partial charge in [0.05, 0.1) is 23.0 Å². The summed E-state index contributed by atoms with van der Waals surface area (Å²) < 4.78 is 37.8. The molecule has 0 fully saturated rings. The minimum atomic E-state index is -4.44. The summed E-state index contributed by atoms with van der Waals surface area (Å²) in [7, 11) is 0. The van der Waals surface area contributed by atoms with Crippen molar-refractivity contribution in [3.05, 3.63) is 33.8 Å². The van der Waals surface area contributed by atoms with Gasteiger partial charge in [0.25, 0.3) is 5.91 Å². The van der Waals surface area contributed by atoms with E-state index in [1.54, 1.807) is 0 Å². The predicted molar refractivity (Wildman–Crippen MR) is 73.0 cm³/mol. The molecule has 0 bridgehead atoms. The van der Waals surface area contributed by atoms with Gasteiger partial charge in [0.1, 0.15) is 12.2 Å². The first-order valence-corrected chi connectivity index (χ1v) is 6.52. The molecule has 6 nitrogen and oxygen atoms in total. The quantitative estimate of drug-likeness (QED) is 0.919. The molecule has 1 N–H and O–H groups in total. The Morgan fingerprint density at radius 1 is 1.36 bits per heavy atom. The van der Waals surface area contributed by atoms with Crippen molar-refractivity contribution < 1.29 is 18.0 Å². The Morgan fingerprint density at radius 2 is 2.05 bits per heavy atom. The Labute approximate surface area is 132 Å². The number of nitrogens with zero attached hydrogens (tertiary/aromatic N) is 4. The van der Waals surface area contributed by atoms with Crippen molar-refractivity contribution in [2.24, 2.45) is 0 Å². The molecule has 2 rings (SSSR count). The smallest absolute Gasteiger partial charge is 0.318 e. The Kier molecular flexibility index (Phi) is 4.57. The van der Waals surface area contributed by atoms with Crippen LogP contribution in [0.3, 0.4) is 0 Å². The number of amides is 1. The largest absolute Gasteiger partial charge is 0.408 e. The molecular weight excluding hydrogens is 346 g/mol. The Hall–Kier alpha value is -1.87. The Morgan fingerprint density at radius 3 is 2.64 bits per heavy atom. The van der Waals surface area contributed by atoms with Crippen LogP contribution in [0.1, 0.15) is 16.1 Å². The standard InChI is InChI=1S/C11H8Cl2F3N5O/c1-5-6(2-18-21(5)4-11(14,15)16)10(22)19-8-7(12)3-17-20-9(8)13/h2-3H,4H2,1H3,(H,17,19,22). The number of carbonyl (C=O) groups excluding carboxylic acids is 1. The average molecular weight is 354 g/mol. The zero-order valence-corrected chi connectivity index (χ0v) is 12.5. The lowest BCUT2D eigenvalue weighted by Crippen LogP contribution is -2.20. The molecule has 0 saturated heterocycles. The third-order valence-corrected chi connectivity index (χ3v) is 3.23. The van der Waals surface area contributed by atoms with Gasteiger partial charge in [-0.3, -0.25) is 9.48 Å². The first-order valence-electron chi connectivity index (χ1n) is 5.76. The zero-order valence-electron chi connectivity index (χ0n) is 10.9. The summed E-state index contributed by atoms with van der Waals surface area (Å²) in [6.07, 6.45) is -2.23. The van der Waals surface area contributed by atoms with E-state index in [1.165, 1.54) is 13.1 Å². The van der Waals surface area contributed by atoms with Crippen molar-refractivity contribution in [1.82, 2.24) is 20.0 Å². The van der Waals surface area contributed by atoms with Crippen LogP contribution >= 0.6 is 23.2 Å². The van der Waals surface area contributed by atoms with Gasteiger partial charge in [0.2, 0.25) is 0 Å². The molecule has 0 unspecified atom stereocenters. The monoisotopic (exact) mass is 353 g/mol. The Balaban J connectivity index is 2.24. The van der Waals surface area contributed by atoms with E-state index in [2.05, 4.69) is 20.6 Å². The third kappa shape index (κ3) is 3.66. The summed E-state index contributed by atoms with van der Waals surface area (Å²) in [4.78, 5) is 12.1. The van der Waals surface area contributed by atoms with Crippen molar-refractivity contribution in [2.45, 2.75) is 19.6 Å². The molecule has 2 aromatic rings. The maximum Gasteiger partial charge on any atom is 0.408 e. The molecule has 22 heavy (non-hydrogen) atoms. The molecule has 0 atom stereocenters. The van der Waals surface area contributed by atoms with Gasteiger partial charge in [0.15, 0.2) is 5.15 Å². The van der Waals surface area contributed by atoms with Gasteiger partial charge in [-0.05, 0) is 6.92 Å². The van der Waals surface area contributed by atoms with E-state index in [9.17, 15) is 18.0 Å². The molecule has 0 saturated carbocycles. The lowest BCUT2D eigenvalue weighted by atomic mass is 10.2. The van der Waals surface area contributed by atoms with E-state index in [1.807, 2.05) is 0 Å². The number of halogens is 5.